The third-order valence-corrected chi connectivity index (χ3v) is 3.59. The lowest BCUT2D eigenvalue weighted by atomic mass is 10.2. The van der Waals surface area contributed by atoms with Gasteiger partial charge in [0.25, 0.3) is 0 Å². The number of nitrogens with one attached hydrogen (secondary N) is 1. The van der Waals surface area contributed by atoms with E-state index in [1.165, 1.54) is 0 Å². The van der Waals surface area contributed by atoms with Crippen LogP contribution in [0.5, 0.6) is 0 Å². The highest BCUT2D eigenvalue weighted by Gasteiger charge is 2.17. The van der Waals surface area contributed by atoms with E-state index in [9.17, 15) is 4.79 Å². The number of esters is 1. The Morgan fingerprint density at radius 2 is 2.10 bits per heavy atom. The molecule has 110 valence electrons. The lowest BCUT2D eigenvalue weighted by Gasteiger charge is -2.12. The van der Waals surface area contributed by atoms with Gasteiger partial charge in [0, 0.05) is 11.0 Å². The van der Waals surface area contributed by atoms with Crippen molar-refractivity contribution in [1.29, 1.82) is 0 Å². The topological polar surface area (TPSA) is 64.1 Å². The lowest BCUT2D eigenvalue weighted by molar-refractivity contribution is 0.0519. The van der Waals surface area contributed by atoms with E-state index in [0.717, 1.165) is 10.6 Å². The van der Waals surface area contributed by atoms with Crippen LogP contribution in [0.2, 0.25) is 5.15 Å². The van der Waals surface area contributed by atoms with E-state index >= 15 is 0 Å². The van der Waals surface area contributed by atoms with Crippen LogP contribution in [0.3, 0.4) is 0 Å². The van der Waals surface area contributed by atoms with E-state index in [0.29, 0.717) is 5.69 Å². The average Bonchev–Trinajstić information content (AvgIpc) is 2.48. The van der Waals surface area contributed by atoms with Gasteiger partial charge in [-0.2, -0.15) is 0 Å². The van der Waals surface area contributed by atoms with E-state index in [-0.39, 0.29) is 17.5 Å². The number of thioether (sulfide) groups is 1. The number of hydrogen-bond acceptors (Lipinski definition) is 6. The molecular formula is C14H14ClN3O2S. The molecule has 2 aromatic rings. The molecule has 21 heavy (non-hydrogen) atoms. The summed E-state index contributed by atoms with van der Waals surface area (Å²) in [6.07, 6.45) is 1.98. The number of rotatable bonds is 5. The standard InChI is InChI=1S/C14H14ClN3O2S/c1-3-20-14(19)13-10(8-12(15)17-18-13)16-9-6-4-5-7-11(9)21-2/h4-8H,3H2,1-2H3,(H,16,17). The molecular weight excluding hydrogens is 310 g/mol. The number of halogens is 1. The Morgan fingerprint density at radius 1 is 1.33 bits per heavy atom. The summed E-state index contributed by atoms with van der Waals surface area (Å²) >= 11 is 7.46. The van der Waals surface area contributed by atoms with E-state index in [1.807, 2.05) is 30.5 Å². The minimum Gasteiger partial charge on any atom is -0.461 e. The predicted octanol–water partition coefficient (Wildman–Crippen LogP) is 3.77. The summed E-state index contributed by atoms with van der Waals surface area (Å²) < 4.78 is 4.97. The highest BCUT2D eigenvalue weighted by Crippen LogP contribution is 2.29. The molecule has 0 aliphatic heterocycles. The Balaban J connectivity index is 2.38. The van der Waals surface area contributed by atoms with Gasteiger partial charge in [-0.05, 0) is 25.3 Å². The first-order chi connectivity index (χ1) is 10.2. The average molecular weight is 324 g/mol. The molecule has 1 aromatic heterocycles. The van der Waals surface area contributed by atoms with Crippen molar-refractivity contribution in [1.82, 2.24) is 10.2 Å². The third kappa shape index (κ3) is 3.86. The van der Waals surface area contributed by atoms with Gasteiger partial charge in [0.15, 0.2) is 10.8 Å². The maximum absolute atomic E-state index is 11.9. The number of para-hydroxylation sites is 1. The number of nitrogens with zero attached hydrogens (tertiary/aromatic N) is 2. The van der Waals surface area contributed by atoms with Gasteiger partial charge < -0.3 is 10.1 Å². The molecule has 0 aliphatic carbocycles. The second-order valence-corrected chi connectivity index (χ2v) is 5.21. The van der Waals surface area contributed by atoms with E-state index in [4.69, 9.17) is 16.3 Å². The number of carbonyl (C=O) groups excluding carboxylic acids is 1. The molecule has 0 spiro atoms. The van der Waals surface area contributed by atoms with Gasteiger partial charge >= 0.3 is 5.97 Å². The van der Waals surface area contributed by atoms with Crippen LogP contribution < -0.4 is 5.32 Å². The van der Waals surface area contributed by atoms with Crippen molar-refractivity contribution in [3.05, 3.63) is 41.2 Å². The van der Waals surface area contributed by atoms with Gasteiger partial charge in [0.05, 0.1) is 18.0 Å². The van der Waals surface area contributed by atoms with E-state index in [2.05, 4.69) is 15.5 Å². The second kappa shape index (κ2) is 7.28. The van der Waals surface area contributed by atoms with Crippen molar-refractivity contribution in [2.75, 3.05) is 18.2 Å². The smallest absolute Gasteiger partial charge is 0.361 e. The minimum atomic E-state index is -0.536. The molecule has 2 rings (SSSR count). The minimum absolute atomic E-state index is 0.108. The van der Waals surface area contributed by atoms with Crippen molar-refractivity contribution in [2.45, 2.75) is 11.8 Å². The summed E-state index contributed by atoms with van der Waals surface area (Å²) in [6, 6.07) is 9.30. The van der Waals surface area contributed by atoms with Gasteiger partial charge in [-0.15, -0.1) is 22.0 Å². The normalized spacial score (nSPS) is 10.2. The van der Waals surface area contributed by atoms with Crippen molar-refractivity contribution in [3.8, 4) is 0 Å². The maximum Gasteiger partial charge on any atom is 0.361 e. The largest absolute Gasteiger partial charge is 0.461 e. The van der Waals surface area contributed by atoms with E-state index in [1.54, 1.807) is 24.8 Å². The fourth-order valence-electron chi connectivity index (χ4n) is 1.71. The third-order valence-electron chi connectivity index (χ3n) is 2.61. The summed E-state index contributed by atoms with van der Waals surface area (Å²) in [4.78, 5) is 13.0. The molecule has 0 fully saturated rings. The summed E-state index contributed by atoms with van der Waals surface area (Å²) in [6.45, 7) is 2.00. The zero-order chi connectivity index (χ0) is 15.2. The predicted molar refractivity (Wildman–Crippen MR) is 84.5 cm³/mol. The first-order valence-corrected chi connectivity index (χ1v) is 7.86. The zero-order valence-electron chi connectivity index (χ0n) is 11.6. The Hall–Kier alpha value is -1.79. The maximum atomic E-state index is 11.9. The Morgan fingerprint density at radius 3 is 2.81 bits per heavy atom. The molecule has 1 N–H and O–H groups in total. The number of anilines is 2. The lowest BCUT2D eigenvalue weighted by Crippen LogP contribution is -2.11. The fraction of sp³-hybridized carbons (Fsp3) is 0.214. The van der Waals surface area contributed by atoms with Crippen LogP contribution >= 0.6 is 23.4 Å². The SMILES string of the molecule is CCOC(=O)c1nnc(Cl)cc1Nc1ccccc1SC. The van der Waals surface area contributed by atoms with Crippen LogP contribution in [-0.4, -0.2) is 29.0 Å². The summed E-state index contributed by atoms with van der Waals surface area (Å²) in [7, 11) is 0. The highest BCUT2D eigenvalue weighted by atomic mass is 35.5. The molecule has 5 nitrogen and oxygen atoms in total. The van der Waals surface area contributed by atoms with Crippen LogP contribution in [0, 0.1) is 0 Å². The molecule has 1 aromatic carbocycles. The summed E-state index contributed by atoms with van der Waals surface area (Å²) in [5, 5.41) is 10.9. The van der Waals surface area contributed by atoms with Crippen molar-refractivity contribution < 1.29 is 9.53 Å². The summed E-state index contributed by atoms with van der Waals surface area (Å²) in [5.41, 5.74) is 1.44. The Labute approximate surface area is 132 Å². The number of benzene rings is 1. The molecule has 0 atom stereocenters. The van der Waals surface area contributed by atoms with Crippen LogP contribution in [0.15, 0.2) is 35.2 Å². The number of hydrogen-bond donors (Lipinski definition) is 1. The van der Waals surface area contributed by atoms with Gasteiger partial charge in [-0.25, -0.2) is 4.79 Å². The number of ether oxygens (including phenoxy) is 1. The molecule has 7 heteroatoms. The van der Waals surface area contributed by atoms with Crippen LogP contribution in [-0.2, 0) is 4.74 Å². The Bertz CT molecular complexity index is 652. The Kier molecular flexibility index (Phi) is 5.41. The van der Waals surface area contributed by atoms with Crippen LogP contribution in [0.25, 0.3) is 0 Å². The first-order valence-electron chi connectivity index (χ1n) is 6.26. The van der Waals surface area contributed by atoms with Crippen LogP contribution in [0.1, 0.15) is 17.4 Å². The van der Waals surface area contributed by atoms with E-state index < -0.39 is 5.97 Å². The van der Waals surface area contributed by atoms with Crippen molar-refractivity contribution in [3.63, 3.8) is 0 Å². The monoisotopic (exact) mass is 323 g/mol. The van der Waals surface area contributed by atoms with Crippen molar-refractivity contribution >= 4 is 40.7 Å². The van der Waals surface area contributed by atoms with Gasteiger partial charge in [-0.1, -0.05) is 23.7 Å². The molecule has 1 heterocycles. The zero-order valence-corrected chi connectivity index (χ0v) is 13.2. The molecule has 0 radical (unpaired) electrons. The highest BCUT2D eigenvalue weighted by molar-refractivity contribution is 7.98. The summed E-state index contributed by atoms with van der Waals surface area (Å²) in [5.74, 6) is -0.536. The second-order valence-electron chi connectivity index (χ2n) is 3.98. The van der Waals surface area contributed by atoms with Gasteiger partial charge in [0.2, 0.25) is 0 Å². The molecule has 0 bridgehead atoms. The molecule has 0 unspecified atom stereocenters. The number of carbonyl (C=O) groups is 1. The molecule has 0 amide bonds. The number of aromatic nitrogens is 2. The quantitative estimate of drug-likeness (QED) is 0.667. The molecule has 0 saturated heterocycles. The molecule has 0 aliphatic rings. The van der Waals surface area contributed by atoms with Gasteiger partial charge in [0.1, 0.15) is 0 Å². The van der Waals surface area contributed by atoms with Gasteiger partial charge in [-0.3, -0.25) is 0 Å². The fourth-order valence-corrected chi connectivity index (χ4v) is 2.41. The molecule has 0 saturated carbocycles. The van der Waals surface area contributed by atoms with Crippen molar-refractivity contribution in [2.24, 2.45) is 0 Å². The first kappa shape index (κ1) is 15.6. The van der Waals surface area contributed by atoms with Crippen LogP contribution in [0.4, 0.5) is 11.4 Å².